The number of rotatable bonds is 5. The highest BCUT2D eigenvalue weighted by molar-refractivity contribution is 7.16. The Morgan fingerprint density at radius 3 is 2.89 bits per heavy atom. The molecule has 2 heterocycles. The summed E-state index contributed by atoms with van der Waals surface area (Å²) < 4.78 is 0.831. The van der Waals surface area contributed by atoms with Gasteiger partial charge in [-0.1, -0.05) is 11.6 Å². The van der Waals surface area contributed by atoms with E-state index in [-0.39, 0.29) is 0 Å². The van der Waals surface area contributed by atoms with Crippen LogP contribution in [-0.2, 0) is 6.42 Å². The van der Waals surface area contributed by atoms with E-state index in [1.807, 2.05) is 6.07 Å². The normalized spacial score (nSPS) is 14.6. The van der Waals surface area contributed by atoms with E-state index in [2.05, 4.69) is 21.4 Å². The lowest BCUT2D eigenvalue weighted by Crippen LogP contribution is -2.08. The summed E-state index contributed by atoms with van der Waals surface area (Å²) in [6.07, 6.45) is 3.28. The van der Waals surface area contributed by atoms with Crippen molar-refractivity contribution in [3.05, 3.63) is 33.2 Å². The van der Waals surface area contributed by atoms with Gasteiger partial charge in [-0.15, -0.1) is 11.3 Å². The average Bonchev–Trinajstić information content (AvgIpc) is 3.13. The number of nitrogens with one attached hydrogen (secondary N) is 1. The molecule has 2 aromatic heterocycles. The van der Waals surface area contributed by atoms with E-state index in [0.717, 1.165) is 28.9 Å². The van der Waals surface area contributed by atoms with Crippen LogP contribution in [-0.4, -0.2) is 16.5 Å². The Hall–Kier alpha value is -1.33. The Balaban J connectivity index is 1.60. The van der Waals surface area contributed by atoms with Crippen LogP contribution < -0.4 is 11.1 Å². The summed E-state index contributed by atoms with van der Waals surface area (Å²) in [7, 11) is 0. The third-order valence-corrected chi connectivity index (χ3v) is 4.30. The van der Waals surface area contributed by atoms with Crippen LogP contribution in [0.5, 0.6) is 0 Å². The number of thiophene rings is 1. The first-order chi connectivity index (χ1) is 9.20. The molecular weight excluding hydrogens is 280 g/mol. The number of nitrogens with two attached hydrogens (primary N) is 1. The Morgan fingerprint density at radius 1 is 1.37 bits per heavy atom. The highest BCUT2D eigenvalue weighted by Crippen LogP contribution is 2.38. The van der Waals surface area contributed by atoms with E-state index in [4.69, 9.17) is 17.3 Å². The van der Waals surface area contributed by atoms with Crippen molar-refractivity contribution < 1.29 is 0 Å². The fraction of sp³-hybridized carbons (Fsp3) is 0.385. The van der Waals surface area contributed by atoms with Crippen LogP contribution in [0.15, 0.2) is 18.2 Å². The van der Waals surface area contributed by atoms with Gasteiger partial charge in [0.25, 0.3) is 0 Å². The summed E-state index contributed by atoms with van der Waals surface area (Å²) >= 11 is 7.51. The number of halogens is 1. The minimum atomic E-state index is 0.514. The Labute approximate surface area is 121 Å². The van der Waals surface area contributed by atoms with Gasteiger partial charge in [0.05, 0.1) is 4.34 Å². The highest BCUT2D eigenvalue weighted by atomic mass is 35.5. The first-order valence-corrected chi connectivity index (χ1v) is 7.53. The molecule has 6 heteroatoms. The smallest absolute Gasteiger partial charge is 0.136 e. The zero-order valence-electron chi connectivity index (χ0n) is 10.4. The van der Waals surface area contributed by atoms with Gasteiger partial charge in [-0.25, -0.2) is 9.97 Å². The topological polar surface area (TPSA) is 63.8 Å². The standard InChI is InChI=1S/C13H15ClN4S/c14-10-4-3-9(19-10)5-6-16-12-7-11(15)17-13(18-12)8-1-2-8/h3-4,7-8H,1-2,5-6H2,(H3,15,16,17,18). The summed E-state index contributed by atoms with van der Waals surface area (Å²) in [5.74, 6) is 2.75. The predicted molar refractivity (Wildman–Crippen MR) is 79.9 cm³/mol. The first kappa shape index (κ1) is 12.7. The molecular formula is C13H15ClN4S. The van der Waals surface area contributed by atoms with Crippen LogP contribution >= 0.6 is 22.9 Å². The molecule has 100 valence electrons. The van der Waals surface area contributed by atoms with Gasteiger partial charge >= 0.3 is 0 Å². The number of hydrogen-bond donors (Lipinski definition) is 2. The van der Waals surface area contributed by atoms with Crippen molar-refractivity contribution in [3.63, 3.8) is 0 Å². The lowest BCUT2D eigenvalue weighted by atomic mass is 10.3. The maximum atomic E-state index is 5.90. The van der Waals surface area contributed by atoms with Gasteiger partial charge in [0, 0.05) is 23.4 Å². The van der Waals surface area contributed by atoms with E-state index in [0.29, 0.717) is 11.7 Å². The van der Waals surface area contributed by atoms with Crippen LogP contribution in [0.25, 0.3) is 0 Å². The van der Waals surface area contributed by atoms with Crippen LogP contribution in [0.3, 0.4) is 0 Å². The Bertz CT molecular complexity index is 580. The summed E-state index contributed by atoms with van der Waals surface area (Å²) in [5, 5.41) is 3.30. The predicted octanol–water partition coefficient (Wildman–Crippen LogP) is 3.31. The molecule has 2 aromatic rings. The average molecular weight is 295 g/mol. The molecule has 0 aliphatic heterocycles. The van der Waals surface area contributed by atoms with Crippen molar-refractivity contribution in [2.45, 2.75) is 25.2 Å². The quantitative estimate of drug-likeness (QED) is 0.888. The monoisotopic (exact) mass is 294 g/mol. The van der Waals surface area contributed by atoms with E-state index in [9.17, 15) is 0 Å². The minimum absolute atomic E-state index is 0.514. The largest absolute Gasteiger partial charge is 0.384 e. The van der Waals surface area contributed by atoms with Gasteiger partial charge in [0.1, 0.15) is 17.5 Å². The molecule has 4 nitrogen and oxygen atoms in total. The lowest BCUT2D eigenvalue weighted by Gasteiger charge is -2.07. The first-order valence-electron chi connectivity index (χ1n) is 6.33. The second-order valence-corrected chi connectivity index (χ2v) is 6.49. The molecule has 0 spiro atoms. The molecule has 3 rings (SSSR count). The molecule has 0 saturated heterocycles. The van der Waals surface area contributed by atoms with Gasteiger partial charge in [0.15, 0.2) is 0 Å². The lowest BCUT2D eigenvalue weighted by molar-refractivity contribution is 0.922. The molecule has 3 N–H and O–H groups in total. The van der Waals surface area contributed by atoms with Crippen LogP contribution in [0, 0.1) is 0 Å². The van der Waals surface area contributed by atoms with Crippen molar-refractivity contribution in [2.75, 3.05) is 17.6 Å². The van der Waals surface area contributed by atoms with Gasteiger partial charge in [-0.05, 0) is 31.4 Å². The second kappa shape index (κ2) is 5.35. The molecule has 1 saturated carbocycles. The number of hydrogen-bond acceptors (Lipinski definition) is 5. The van der Waals surface area contributed by atoms with Gasteiger partial charge < -0.3 is 11.1 Å². The van der Waals surface area contributed by atoms with E-state index in [1.54, 1.807) is 17.4 Å². The molecule has 0 atom stereocenters. The zero-order valence-corrected chi connectivity index (χ0v) is 12.0. The minimum Gasteiger partial charge on any atom is -0.384 e. The van der Waals surface area contributed by atoms with Crippen LogP contribution in [0.4, 0.5) is 11.6 Å². The number of aromatic nitrogens is 2. The zero-order chi connectivity index (χ0) is 13.2. The molecule has 0 unspecified atom stereocenters. The van der Waals surface area contributed by atoms with E-state index < -0.39 is 0 Å². The molecule has 1 fully saturated rings. The van der Waals surface area contributed by atoms with Gasteiger partial charge in [-0.2, -0.15) is 0 Å². The summed E-state index contributed by atoms with van der Waals surface area (Å²) in [6.45, 7) is 0.817. The molecule has 0 amide bonds. The van der Waals surface area contributed by atoms with Crippen LogP contribution in [0.2, 0.25) is 4.34 Å². The second-order valence-electron chi connectivity index (χ2n) is 4.69. The van der Waals surface area contributed by atoms with E-state index in [1.165, 1.54) is 17.7 Å². The number of nitrogen functional groups attached to an aromatic ring is 1. The number of nitrogens with zero attached hydrogens (tertiary/aromatic N) is 2. The molecule has 0 aromatic carbocycles. The molecule has 0 bridgehead atoms. The number of anilines is 2. The Morgan fingerprint density at radius 2 is 2.21 bits per heavy atom. The van der Waals surface area contributed by atoms with Crippen LogP contribution in [0.1, 0.15) is 29.5 Å². The van der Waals surface area contributed by atoms with Gasteiger partial charge in [-0.3, -0.25) is 0 Å². The molecule has 19 heavy (non-hydrogen) atoms. The van der Waals surface area contributed by atoms with E-state index >= 15 is 0 Å². The Kier molecular flexibility index (Phi) is 3.57. The third kappa shape index (κ3) is 3.36. The molecule has 1 aliphatic carbocycles. The summed E-state index contributed by atoms with van der Waals surface area (Å²) in [5.41, 5.74) is 5.80. The van der Waals surface area contributed by atoms with Crippen molar-refractivity contribution in [3.8, 4) is 0 Å². The fourth-order valence-corrected chi connectivity index (χ4v) is 2.99. The maximum Gasteiger partial charge on any atom is 0.136 e. The third-order valence-electron chi connectivity index (χ3n) is 3.01. The van der Waals surface area contributed by atoms with Crippen molar-refractivity contribution in [1.82, 2.24) is 9.97 Å². The molecule has 1 aliphatic rings. The van der Waals surface area contributed by atoms with Crippen molar-refractivity contribution >= 4 is 34.6 Å². The van der Waals surface area contributed by atoms with Crippen molar-refractivity contribution in [2.24, 2.45) is 0 Å². The highest BCUT2D eigenvalue weighted by Gasteiger charge is 2.27. The fourth-order valence-electron chi connectivity index (χ4n) is 1.90. The van der Waals surface area contributed by atoms with Crippen molar-refractivity contribution in [1.29, 1.82) is 0 Å². The summed E-state index contributed by atoms with van der Waals surface area (Å²) in [4.78, 5) is 10.0. The van der Waals surface area contributed by atoms with Gasteiger partial charge in [0.2, 0.25) is 0 Å². The summed E-state index contributed by atoms with van der Waals surface area (Å²) in [6, 6.07) is 5.77. The molecule has 0 radical (unpaired) electrons. The maximum absolute atomic E-state index is 5.90. The SMILES string of the molecule is Nc1cc(NCCc2ccc(Cl)s2)nc(C2CC2)n1.